The number of ketones is 1. The van der Waals surface area contributed by atoms with Crippen LogP contribution in [0, 0.1) is 0 Å². The lowest BCUT2D eigenvalue weighted by Gasteiger charge is -2.25. The lowest BCUT2D eigenvalue weighted by atomic mass is 10.1. The van der Waals surface area contributed by atoms with Gasteiger partial charge < -0.3 is 24.6 Å². The van der Waals surface area contributed by atoms with Gasteiger partial charge in [-0.05, 0) is 81.2 Å². The number of pyridine rings is 1. The molecule has 0 saturated heterocycles. The Labute approximate surface area is 244 Å². The molecule has 1 aliphatic heterocycles. The number of nitrogens with one attached hydrogen (secondary N) is 2. The van der Waals surface area contributed by atoms with E-state index in [0.717, 1.165) is 29.0 Å². The Morgan fingerprint density at radius 2 is 1.88 bits per heavy atom. The fraction of sp³-hybridized carbons (Fsp3) is 0.400. The number of carbonyl (C=O) groups is 3. The van der Waals surface area contributed by atoms with Gasteiger partial charge in [0.25, 0.3) is 0 Å². The van der Waals surface area contributed by atoms with Gasteiger partial charge in [-0.2, -0.15) is 0 Å². The van der Waals surface area contributed by atoms with Gasteiger partial charge in [-0.15, -0.1) is 11.3 Å². The number of benzene rings is 1. The maximum Gasteiger partial charge on any atom is 0.412 e. The molecule has 3 amide bonds. The first-order valence-electron chi connectivity index (χ1n) is 13.5. The smallest absolute Gasteiger partial charge is 0.412 e. The second kappa shape index (κ2) is 13.1. The Hall–Kier alpha value is -3.96. The molecular weight excluding hydrogens is 542 g/mol. The van der Waals surface area contributed by atoms with Crippen molar-refractivity contribution in [1.29, 1.82) is 0 Å². The first-order valence-corrected chi connectivity index (χ1v) is 14.4. The molecule has 11 heteroatoms. The van der Waals surface area contributed by atoms with Crippen LogP contribution in [0.25, 0.3) is 0 Å². The van der Waals surface area contributed by atoms with E-state index in [4.69, 9.17) is 9.47 Å². The predicted octanol–water partition coefficient (Wildman–Crippen LogP) is 5.45. The van der Waals surface area contributed by atoms with Crippen LogP contribution in [0.3, 0.4) is 0 Å². The Balaban J connectivity index is 1.38. The highest BCUT2D eigenvalue weighted by atomic mass is 32.1. The van der Waals surface area contributed by atoms with Crippen LogP contribution in [0.2, 0.25) is 0 Å². The largest absolute Gasteiger partial charge is 0.493 e. The van der Waals surface area contributed by atoms with Crippen molar-refractivity contribution in [2.75, 3.05) is 44.4 Å². The number of anilines is 2. The van der Waals surface area contributed by atoms with Gasteiger partial charge in [-0.25, -0.2) is 9.59 Å². The van der Waals surface area contributed by atoms with Gasteiger partial charge in [0.1, 0.15) is 17.0 Å². The molecule has 0 spiro atoms. The molecule has 0 aliphatic carbocycles. The van der Waals surface area contributed by atoms with Gasteiger partial charge in [0.15, 0.2) is 5.78 Å². The maximum absolute atomic E-state index is 13.2. The highest BCUT2D eigenvalue weighted by Gasteiger charge is 2.20. The fourth-order valence-electron chi connectivity index (χ4n) is 4.19. The molecule has 10 nitrogen and oxygen atoms in total. The first kappa shape index (κ1) is 30.0. The van der Waals surface area contributed by atoms with Gasteiger partial charge >= 0.3 is 12.1 Å². The summed E-state index contributed by atoms with van der Waals surface area (Å²) in [5.41, 5.74) is 3.55. The molecule has 2 N–H and O–H groups in total. The van der Waals surface area contributed by atoms with Crippen LogP contribution < -0.4 is 15.4 Å². The normalized spacial score (nSPS) is 12.4. The Bertz CT molecular complexity index is 1380. The number of thiophene rings is 1. The Morgan fingerprint density at radius 3 is 2.59 bits per heavy atom. The molecule has 1 aromatic carbocycles. The van der Waals surface area contributed by atoms with E-state index in [1.807, 2.05) is 48.6 Å². The van der Waals surface area contributed by atoms with Crippen molar-refractivity contribution in [3.63, 3.8) is 0 Å². The van der Waals surface area contributed by atoms with Gasteiger partial charge in [-0.3, -0.25) is 15.1 Å². The van der Waals surface area contributed by atoms with E-state index < -0.39 is 11.7 Å². The van der Waals surface area contributed by atoms with Crippen molar-refractivity contribution in [1.82, 2.24) is 14.8 Å². The number of likely N-dealkylation sites (N-methyl/N-ethyl adjacent to an activating group) is 1. The average molecular weight is 580 g/mol. The molecule has 41 heavy (non-hydrogen) atoms. The molecule has 0 fully saturated rings. The van der Waals surface area contributed by atoms with Crippen molar-refractivity contribution >= 4 is 40.6 Å². The van der Waals surface area contributed by atoms with Crippen LogP contribution in [0.1, 0.15) is 48.0 Å². The number of Topliss-reactive ketones (excluding diaryl/α,β-unsaturated/α-hetero) is 1. The number of carbonyl (C=O) groups excluding carboxylic acids is 3. The highest BCUT2D eigenvalue weighted by molar-refractivity contribution is 7.08. The van der Waals surface area contributed by atoms with Crippen LogP contribution >= 0.6 is 11.3 Å². The van der Waals surface area contributed by atoms with Crippen molar-refractivity contribution in [2.24, 2.45) is 0 Å². The standard InChI is InChI=1S/C30H37N5O5S/c1-30(2,3)40-29(38)33-25-19-41-18-22(25)15-26(36)24-8-6-20(16-31-24)17-35(12-11-34(4)5)28(37)32-23-7-9-27-21(14-23)10-13-39-27/h6-9,14,16,18-19H,10-13,15,17H2,1-5H3,(H,32,37)(H,33,38). The molecule has 3 aromatic rings. The van der Waals surface area contributed by atoms with Crippen LogP contribution in [0.4, 0.5) is 21.0 Å². The monoisotopic (exact) mass is 579 g/mol. The predicted molar refractivity (Wildman–Crippen MR) is 160 cm³/mol. The lowest BCUT2D eigenvalue weighted by Crippen LogP contribution is -2.39. The summed E-state index contributed by atoms with van der Waals surface area (Å²) in [4.78, 5) is 46.5. The minimum absolute atomic E-state index is 0.0875. The molecule has 2 aromatic heterocycles. The van der Waals surface area contributed by atoms with Crippen molar-refractivity contribution in [2.45, 2.75) is 45.8 Å². The van der Waals surface area contributed by atoms with E-state index in [9.17, 15) is 14.4 Å². The zero-order chi connectivity index (χ0) is 29.6. The number of fused-ring (bicyclic) bond motifs is 1. The third kappa shape index (κ3) is 8.76. The second-order valence-electron chi connectivity index (χ2n) is 11.2. The van der Waals surface area contributed by atoms with Gasteiger partial charge in [0.2, 0.25) is 0 Å². The lowest BCUT2D eigenvalue weighted by molar-refractivity contribution is 0.0635. The van der Waals surface area contributed by atoms with Crippen molar-refractivity contribution < 1.29 is 23.9 Å². The molecule has 0 saturated carbocycles. The number of hydrogen-bond donors (Lipinski definition) is 2. The van der Waals surface area contributed by atoms with Crippen molar-refractivity contribution in [3.05, 3.63) is 69.7 Å². The van der Waals surface area contributed by atoms with Crippen LogP contribution in [-0.4, -0.2) is 72.1 Å². The van der Waals surface area contributed by atoms with E-state index in [-0.39, 0.29) is 18.2 Å². The molecule has 0 bridgehead atoms. The minimum atomic E-state index is -0.624. The number of hydrogen-bond acceptors (Lipinski definition) is 8. The second-order valence-corrected chi connectivity index (χ2v) is 11.9. The number of ether oxygens (including phenoxy) is 2. The third-order valence-corrected chi connectivity index (χ3v) is 7.05. The summed E-state index contributed by atoms with van der Waals surface area (Å²) in [5.74, 6) is 0.688. The zero-order valence-electron chi connectivity index (χ0n) is 24.2. The van der Waals surface area contributed by atoms with Gasteiger partial charge in [0, 0.05) is 49.7 Å². The van der Waals surface area contributed by atoms with E-state index in [2.05, 4.69) is 15.6 Å². The molecule has 3 heterocycles. The van der Waals surface area contributed by atoms with Gasteiger partial charge in [-0.1, -0.05) is 6.07 Å². The summed E-state index contributed by atoms with van der Waals surface area (Å²) in [5, 5.41) is 9.32. The first-order chi connectivity index (χ1) is 19.5. The number of rotatable bonds is 10. The average Bonchev–Trinajstić information content (AvgIpc) is 3.54. The molecule has 0 radical (unpaired) electrons. The summed E-state index contributed by atoms with van der Waals surface area (Å²) < 4.78 is 10.9. The summed E-state index contributed by atoms with van der Waals surface area (Å²) in [6.45, 7) is 7.57. The van der Waals surface area contributed by atoms with Gasteiger partial charge in [0.05, 0.1) is 12.3 Å². The number of amides is 3. The van der Waals surface area contributed by atoms with E-state index >= 15 is 0 Å². The van der Waals surface area contributed by atoms with E-state index in [1.165, 1.54) is 11.3 Å². The molecule has 1 aliphatic rings. The maximum atomic E-state index is 13.2. The van der Waals surface area contributed by atoms with Crippen LogP contribution in [-0.2, 0) is 24.1 Å². The topological polar surface area (TPSA) is 113 Å². The number of urea groups is 1. The number of nitrogens with zero attached hydrogens (tertiary/aromatic N) is 3. The van der Waals surface area contributed by atoms with Crippen molar-refractivity contribution in [3.8, 4) is 5.75 Å². The summed E-state index contributed by atoms with van der Waals surface area (Å²) in [6.07, 6.45) is 1.97. The van der Waals surface area contributed by atoms with Crippen LogP contribution in [0.5, 0.6) is 5.75 Å². The SMILES string of the molecule is CN(C)CCN(Cc1ccc(C(=O)Cc2cscc2NC(=O)OC(C)(C)C)nc1)C(=O)Nc1ccc2c(c1)CCO2. The number of aromatic nitrogens is 1. The summed E-state index contributed by atoms with van der Waals surface area (Å²) in [7, 11) is 3.92. The quantitative estimate of drug-likeness (QED) is 0.307. The summed E-state index contributed by atoms with van der Waals surface area (Å²) in [6, 6.07) is 8.95. The fourth-order valence-corrected chi connectivity index (χ4v) is 4.98. The minimum Gasteiger partial charge on any atom is -0.493 e. The molecule has 0 atom stereocenters. The Kier molecular flexibility index (Phi) is 9.61. The molecule has 4 rings (SSSR count). The molecule has 0 unspecified atom stereocenters. The highest BCUT2D eigenvalue weighted by Crippen LogP contribution is 2.28. The Morgan fingerprint density at radius 1 is 1.07 bits per heavy atom. The molecular formula is C30H37N5O5S. The zero-order valence-corrected chi connectivity index (χ0v) is 25.0. The summed E-state index contributed by atoms with van der Waals surface area (Å²) >= 11 is 1.39. The van der Waals surface area contributed by atoms with E-state index in [1.54, 1.807) is 43.3 Å². The van der Waals surface area contributed by atoms with E-state index in [0.29, 0.717) is 43.2 Å². The third-order valence-electron chi connectivity index (χ3n) is 6.26. The molecule has 218 valence electrons. The van der Waals surface area contributed by atoms with Crippen LogP contribution in [0.15, 0.2) is 47.3 Å².